The summed E-state index contributed by atoms with van der Waals surface area (Å²) in [5.41, 5.74) is -1.96. The lowest BCUT2D eigenvalue weighted by Crippen LogP contribution is -2.32. The predicted molar refractivity (Wildman–Crippen MR) is 59.0 cm³/mol. The van der Waals surface area contributed by atoms with Crippen molar-refractivity contribution in [2.24, 2.45) is 5.41 Å². The number of methoxy groups -OCH3 is 1. The number of hydrogen-bond acceptors (Lipinski definition) is 6. The molecule has 0 saturated carbocycles. The second-order valence-corrected chi connectivity index (χ2v) is 4.41. The molecule has 1 aliphatic rings. The van der Waals surface area contributed by atoms with Crippen molar-refractivity contribution in [3.05, 3.63) is 22.7 Å². The third-order valence-corrected chi connectivity index (χ3v) is 2.84. The summed E-state index contributed by atoms with van der Waals surface area (Å²) in [4.78, 5) is 38.8. The third-order valence-electron chi connectivity index (χ3n) is 2.84. The fraction of sp³-hybridized carbons (Fsp3) is 0.455. The number of nitrogens with zero attached hydrogens (tertiary/aromatic N) is 2. The Morgan fingerprint density at radius 2 is 2.06 bits per heavy atom. The van der Waals surface area contributed by atoms with Crippen LogP contribution in [0, 0.1) is 5.41 Å². The van der Waals surface area contributed by atoms with E-state index >= 15 is 0 Å². The highest BCUT2D eigenvalue weighted by Gasteiger charge is 2.51. The van der Waals surface area contributed by atoms with Crippen LogP contribution in [-0.2, 0) is 14.3 Å². The fourth-order valence-electron chi connectivity index (χ4n) is 1.58. The zero-order valence-electron chi connectivity index (χ0n) is 10.2. The van der Waals surface area contributed by atoms with Crippen molar-refractivity contribution in [3.8, 4) is 5.88 Å². The van der Waals surface area contributed by atoms with Gasteiger partial charge < -0.3 is 9.47 Å². The highest BCUT2D eigenvalue weighted by molar-refractivity contribution is 6.08. The Morgan fingerprint density at radius 1 is 1.39 bits per heavy atom. The third kappa shape index (κ3) is 1.68. The first-order chi connectivity index (χ1) is 8.37. The number of hydrogen-bond donors (Lipinski definition) is 0. The van der Waals surface area contributed by atoms with Gasteiger partial charge in [-0.15, -0.1) is 0 Å². The molecule has 0 amide bonds. The smallest absolute Gasteiger partial charge is 0.354 e. The van der Waals surface area contributed by atoms with Gasteiger partial charge in [-0.2, -0.15) is 4.98 Å². The van der Waals surface area contributed by atoms with E-state index in [0.29, 0.717) is 0 Å². The van der Waals surface area contributed by atoms with Crippen LogP contribution in [0.2, 0.25) is 0 Å². The quantitative estimate of drug-likeness (QED) is 0.539. The summed E-state index contributed by atoms with van der Waals surface area (Å²) in [5, 5.41) is 0. The highest BCUT2D eigenvalue weighted by Crippen LogP contribution is 2.34. The van der Waals surface area contributed by atoms with Gasteiger partial charge in [0.05, 0.1) is 7.11 Å². The van der Waals surface area contributed by atoms with Crippen LogP contribution in [0.1, 0.15) is 20.1 Å². The molecule has 1 aromatic rings. The van der Waals surface area contributed by atoms with E-state index in [4.69, 9.17) is 9.47 Å². The van der Waals surface area contributed by atoms with Crippen LogP contribution in [0.15, 0.2) is 17.1 Å². The van der Waals surface area contributed by atoms with Gasteiger partial charge in [0.25, 0.3) is 0 Å². The van der Waals surface area contributed by atoms with Gasteiger partial charge in [-0.25, -0.2) is 4.79 Å². The Morgan fingerprint density at radius 3 is 2.50 bits per heavy atom. The van der Waals surface area contributed by atoms with E-state index in [9.17, 15) is 14.4 Å². The van der Waals surface area contributed by atoms with E-state index < -0.39 is 29.1 Å². The van der Waals surface area contributed by atoms with Crippen molar-refractivity contribution in [1.29, 1.82) is 0 Å². The standard InChI is InChI=1S/C11H12N2O5/c1-11(2)7(14)8(18-9(11)15)13-5-4-6(17-3)12-10(13)16/h4-5,8H,1-3H3/t8-/m1/s1. The van der Waals surface area contributed by atoms with Crippen LogP contribution in [0.4, 0.5) is 0 Å². The molecule has 1 atom stereocenters. The maximum Gasteiger partial charge on any atom is 0.354 e. The molecule has 2 heterocycles. The summed E-state index contributed by atoms with van der Waals surface area (Å²) >= 11 is 0. The van der Waals surface area contributed by atoms with E-state index in [1.165, 1.54) is 33.2 Å². The molecule has 18 heavy (non-hydrogen) atoms. The van der Waals surface area contributed by atoms with Crippen molar-refractivity contribution in [2.45, 2.75) is 20.1 Å². The van der Waals surface area contributed by atoms with E-state index in [-0.39, 0.29) is 5.88 Å². The minimum absolute atomic E-state index is 0.132. The molecule has 1 saturated heterocycles. The summed E-state index contributed by atoms with van der Waals surface area (Å²) in [6, 6.07) is 1.41. The molecule has 96 valence electrons. The molecule has 7 nitrogen and oxygen atoms in total. The molecular weight excluding hydrogens is 240 g/mol. The van der Waals surface area contributed by atoms with Crippen LogP contribution in [-0.4, -0.2) is 28.4 Å². The number of ether oxygens (including phenoxy) is 2. The fourth-order valence-corrected chi connectivity index (χ4v) is 1.58. The lowest BCUT2D eigenvalue weighted by molar-refractivity contribution is -0.150. The number of Topliss-reactive ketones (excluding diaryl/α,β-unsaturated/α-hetero) is 1. The molecule has 0 N–H and O–H groups in total. The average molecular weight is 252 g/mol. The lowest BCUT2D eigenvalue weighted by atomic mass is 9.90. The van der Waals surface area contributed by atoms with Crippen LogP contribution < -0.4 is 10.4 Å². The summed E-state index contributed by atoms with van der Waals surface area (Å²) < 4.78 is 10.7. The van der Waals surface area contributed by atoms with Crippen molar-refractivity contribution in [1.82, 2.24) is 9.55 Å². The zero-order valence-corrected chi connectivity index (χ0v) is 10.2. The number of cyclic esters (lactones) is 1. The van der Waals surface area contributed by atoms with Crippen molar-refractivity contribution < 1.29 is 19.1 Å². The minimum atomic E-state index is -1.25. The van der Waals surface area contributed by atoms with Gasteiger partial charge in [0, 0.05) is 12.3 Å². The van der Waals surface area contributed by atoms with E-state index in [1.54, 1.807) is 0 Å². The van der Waals surface area contributed by atoms with E-state index in [2.05, 4.69) is 4.98 Å². The largest absolute Gasteiger partial charge is 0.481 e. The molecule has 0 unspecified atom stereocenters. The molecule has 0 spiro atoms. The summed E-state index contributed by atoms with van der Waals surface area (Å²) in [5.74, 6) is -0.992. The SMILES string of the molecule is COc1ccn([C@@H]2OC(=O)C(C)(C)C2=O)c(=O)n1. The first-order valence-corrected chi connectivity index (χ1v) is 5.26. The Bertz CT molecular complexity index is 575. The Balaban J connectivity index is 2.43. The first-order valence-electron chi connectivity index (χ1n) is 5.26. The molecular formula is C11H12N2O5. The molecule has 0 radical (unpaired) electrons. The van der Waals surface area contributed by atoms with Crippen LogP contribution in [0.25, 0.3) is 0 Å². The molecule has 1 aliphatic heterocycles. The number of aromatic nitrogens is 2. The topological polar surface area (TPSA) is 87.5 Å². The monoisotopic (exact) mass is 252 g/mol. The van der Waals surface area contributed by atoms with Gasteiger partial charge >= 0.3 is 11.7 Å². The summed E-state index contributed by atoms with van der Waals surface area (Å²) in [6.07, 6.45) is 0.0595. The van der Waals surface area contributed by atoms with Crippen molar-refractivity contribution >= 4 is 11.8 Å². The zero-order chi connectivity index (χ0) is 13.5. The molecule has 0 aliphatic carbocycles. The average Bonchev–Trinajstić information content (AvgIpc) is 2.53. The van der Waals surface area contributed by atoms with Crippen molar-refractivity contribution in [2.75, 3.05) is 7.11 Å². The van der Waals surface area contributed by atoms with Crippen LogP contribution in [0.5, 0.6) is 5.88 Å². The second-order valence-electron chi connectivity index (χ2n) is 4.41. The Kier molecular flexibility index (Phi) is 2.68. The predicted octanol–water partition coefficient (Wildman–Crippen LogP) is -0.0974. The highest BCUT2D eigenvalue weighted by atomic mass is 16.6. The number of rotatable bonds is 2. The summed E-state index contributed by atoms with van der Waals surface area (Å²) in [7, 11) is 1.37. The molecule has 0 aromatic carbocycles. The number of esters is 1. The second kappa shape index (κ2) is 3.94. The van der Waals surface area contributed by atoms with Crippen molar-refractivity contribution in [3.63, 3.8) is 0 Å². The Hall–Kier alpha value is -2.18. The first kappa shape index (κ1) is 12.3. The molecule has 0 bridgehead atoms. The number of carbonyl (C=O) groups is 2. The van der Waals surface area contributed by atoms with Gasteiger partial charge in [-0.3, -0.25) is 14.2 Å². The van der Waals surface area contributed by atoms with Crippen LogP contribution in [0.3, 0.4) is 0 Å². The van der Waals surface area contributed by atoms with E-state index in [0.717, 1.165) is 4.57 Å². The molecule has 2 rings (SSSR count). The van der Waals surface area contributed by atoms with Crippen LogP contribution >= 0.6 is 0 Å². The lowest BCUT2D eigenvalue weighted by Gasteiger charge is -2.12. The molecule has 1 fully saturated rings. The summed E-state index contributed by atoms with van der Waals surface area (Å²) in [6.45, 7) is 2.92. The van der Waals surface area contributed by atoms with Gasteiger partial charge in [-0.05, 0) is 13.8 Å². The Labute approximate surface area is 102 Å². The van der Waals surface area contributed by atoms with Gasteiger partial charge in [-0.1, -0.05) is 0 Å². The molecule has 7 heteroatoms. The van der Waals surface area contributed by atoms with Gasteiger partial charge in [0.15, 0.2) is 0 Å². The normalized spacial score (nSPS) is 21.8. The maximum atomic E-state index is 12.0. The van der Waals surface area contributed by atoms with Gasteiger partial charge in [0.2, 0.25) is 17.9 Å². The maximum absolute atomic E-state index is 12.0. The number of ketones is 1. The minimum Gasteiger partial charge on any atom is -0.481 e. The van der Waals surface area contributed by atoms with Gasteiger partial charge in [0.1, 0.15) is 5.41 Å². The number of carbonyl (C=O) groups excluding carboxylic acids is 2. The molecule has 1 aromatic heterocycles. The van der Waals surface area contributed by atoms with E-state index in [1.807, 2.05) is 0 Å².